The van der Waals surface area contributed by atoms with E-state index in [-0.39, 0.29) is 18.1 Å². The molecule has 0 fully saturated rings. The average molecular weight is 329 g/mol. The number of anilines is 1. The van der Waals surface area contributed by atoms with Gasteiger partial charge in [0.2, 0.25) is 5.91 Å². The summed E-state index contributed by atoms with van der Waals surface area (Å²) in [6.07, 6.45) is 0.172. The number of carbonyl (C=O) groups excluding carboxylic acids is 2. The Hall–Kier alpha value is -2.94. The maximum Gasteiger partial charge on any atom is 0.237 e. The van der Waals surface area contributed by atoms with Crippen LogP contribution in [0.25, 0.3) is 10.8 Å². The van der Waals surface area contributed by atoms with Gasteiger partial charge in [0.15, 0.2) is 5.78 Å². The number of fused-ring (bicyclic) bond motifs is 2. The average Bonchev–Trinajstić information content (AvgIpc) is 2.83. The standard InChI is InChI=1S/C22H19NO2/c1-22(18-9-5-6-10-19(18)23(2)21(22)25)14-20(24)17-12-11-15-7-3-4-8-16(15)13-17/h3-13H,14H2,1-2H3. The van der Waals surface area contributed by atoms with Crippen LogP contribution in [0.5, 0.6) is 0 Å². The molecule has 0 aliphatic carbocycles. The molecular weight excluding hydrogens is 310 g/mol. The van der Waals surface area contributed by atoms with Gasteiger partial charge in [-0.25, -0.2) is 0 Å². The minimum absolute atomic E-state index is 0.00768. The number of hydrogen-bond donors (Lipinski definition) is 0. The lowest BCUT2D eigenvalue weighted by atomic mass is 9.78. The second-order valence-electron chi connectivity index (χ2n) is 6.88. The van der Waals surface area contributed by atoms with Crippen molar-refractivity contribution in [3.63, 3.8) is 0 Å². The smallest absolute Gasteiger partial charge is 0.237 e. The largest absolute Gasteiger partial charge is 0.314 e. The number of para-hydroxylation sites is 1. The van der Waals surface area contributed by atoms with Crippen molar-refractivity contribution in [1.82, 2.24) is 0 Å². The Kier molecular flexibility index (Phi) is 3.46. The molecule has 1 amide bonds. The van der Waals surface area contributed by atoms with Crippen molar-refractivity contribution in [3.8, 4) is 0 Å². The molecule has 0 aromatic heterocycles. The maximum absolute atomic E-state index is 12.9. The minimum Gasteiger partial charge on any atom is -0.314 e. The van der Waals surface area contributed by atoms with E-state index in [0.717, 1.165) is 22.0 Å². The van der Waals surface area contributed by atoms with Crippen molar-refractivity contribution in [2.75, 3.05) is 11.9 Å². The summed E-state index contributed by atoms with van der Waals surface area (Å²) in [7, 11) is 1.77. The Balaban J connectivity index is 1.71. The molecule has 0 spiro atoms. The van der Waals surface area contributed by atoms with Crippen LogP contribution in [-0.2, 0) is 10.2 Å². The van der Waals surface area contributed by atoms with Gasteiger partial charge in [0.1, 0.15) is 0 Å². The topological polar surface area (TPSA) is 37.4 Å². The van der Waals surface area contributed by atoms with Gasteiger partial charge in [-0.15, -0.1) is 0 Å². The number of Topliss-reactive ketones (excluding diaryl/α,β-unsaturated/α-hetero) is 1. The number of nitrogens with zero attached hydrogens (tertiary/aromatic N) is 1. The molecule has 25 heavy (non-hydrogen) atoms. The van der Waals surface area contributed by atoms with Crippen molar-refractivity contribution in [2.24, 2.45) is 0 Å². The Morgan fingerprint density at radius 1 is 0.960 bits per heavy atom. The van der Waals surface area contributed by atoms with Crippen LogP contribution in [0.15, 0.2) is 66.7 Å². The number of rotatable bonds is 3. The SMILES string of the molecule is CN1C(=O)C(C)(CC(=O)c2ccc3ccccc3c2)c2ccccc21. The Bertz CT molecular complexity index is 1010. The number of hydrogen-bond acceptors (Lipinski definition) is 2. The van der Waals surface area contributed by atoms with Gasteiger partial charge in [-0.05, 0) is 35.4 Å². The molecule has 0 bridgehead atoms. The van der Waals surface area contributed by atoms with Crippen molar-refractivity contribution < 1.29 is 9.59 Å². The fourth-order valence-corrected chi connectivity index (χ4v) is 3.78. The fraction of sp³-hybridized carbons (Fsp3) is 0.182. The molecular formula is C22H19NO2. The van der Waals surface area contributed by atoms with Gasteiger partial charge in [-0.1, -0.05) is 54.6 Å². The monoisotopic (exact) mass is 329 g/mol. The van der Waals surface area contributed by atoms with E-state index in [1.54, 1.807) is 11.9 Å². The molecule has 3 aromatic rings. The van der Waals surface area contributed by atoms with Crippen molar-refractivity contribution in [2.45, 2.75) is 18.8 Å². The third-order valence-corrected chi connectivity index (χ3v) is 5.22. The zero-order valence-corrected chi connectivity index (χ0v) is 14.3. The number of ketones is 1. The second-order valence-corrected chi connectivity index (χ2v) is 6.88. The molecule has 1 aliphatic heterocycles. The van der Waals surface area contributed by atoms with Crippen LogP contribution in [0.3, 0.4) is 0 Å². The molecule has 0 N–H and O–H groups in total. The molecule has 124 valence electrons. The van der Waals surface area contributed by atoms with E-state index in [1.165, 1.54) is 0 Å². The summed E-state index contributed by atoms with van der Waals surface area (Å²) in [6.45, 7) is 1.87. The highest BCUT2D eigenvalue weighted by molar-refractivity contribution is 6.11. The van der Waals surface area contributed by atoms with Gasteiger partial charge in [-0.2, -0.15) is 0 Å². The third kappa shape index (κ3) is 2.35. The Labute approximate surface area is 146 Å². The van der Waals surface area contributed by atoms with Crippen LogP contribution in [0, 0.1) is 0 Å². The van der Waals surface area contributed by atoms with Gasteiger partial charge in [0.05, 0.1) is 5.41 Å². The lowest BCUT2D eigenvalue weighted by Crippen LogP contribution is -2.37. The normalized spacial score (nSPS) is 19.3. The molecule has 1 heterocycles. The number of carbonyl (C=O) groups is 2. The highest BCUT2D eigenvalue weighted by Gasteiger charge is 2.47. The first-order valence-corrected chi connectivity index (χ1v) is 8.40. The van der Waals surface area contributed by atoms with Gasteiger partial charge in [0, 0.05) is 24.7 Å². The van der Waals surface area contributed by atoms with Crippen LogP contribution in [0.4, 0.5) is 5.69 Å². The van der Waals surface area contributed by atoms with E-state index >= 15 is 0 Å². The predicted molar refractivity (Wildman–Crippen MR) is 100 cm³/mol. The summed E-state index contributed by atoms with van der Waals surface area (Å²) in [4.78, 5) is 27.4. The summed E-state index contributed by atoms with van der Waals surface area (Å²) in [5.74, 6) is -0.0328. The van der Waals surface area contributed by atoms with Crippen molar-refractivity contribution in [3.05, 3.63) is 77.9 Å². The van der Waals surface area contributed by atoms with Crippen LogP contribution < -0.4 is 4.90 Å². The highest BCUT2D eigenvalue weighted by Crippen LogP contribution is 2.43. The highest BCUT2D eigenvalue weighted by atomic mass is 16.2. The lowest BCUT2D eigenvalue weighted by molar-refractivity contribution is -0.122. The summed E-state index contributed by atoms with van der Waals surface area (Å²) in [5.41, 5.74) is 1.66. The molecule has 0 saturated heterocycles. The molecule has 0 saturated carbocycles. The van der Waals surface area contributed by atoms with Gasteiger partial charge in [-0.3, -0.25) is 9.59 Å². The van der Waals surface area contributed by atoms with E-state index in [0.29, 0.717) is 5.56 Å². The summed E-state index contributed by atoms with van der Waals surface area (Å²) in [6, 6.07) is 21.4. The molecule has 1 atom stereocenters. The van der Waals surface area contributed by atoms with E-state index in [1.807, 2.05) is 73.7 Å². The van der Waals surface area contributed by atoms with Crippen LogP contribution in [0.1, 0.15) is 29.3 Å². The summed E-state index contributed by atoms with van der Waals surface area (Å²) >= 11 is 0. The first kappa shape index (κ1) is 15.6. The molecule has 4 rings (SSSR count). The van der Waals surface area contributed by atoms with Crippen molar-refractivity contribution >= 4 is 28.2 Å². The van der Waals surface area contributed by atoms with E-state index in [2.05, 4.69) is 0 Å². The van der Waals surface area contributed by atoms with E-state index < -0.39 is 5.41 Å². The molecule has 3 nitrogen and oxygen atoms in total. The van der Waals surface area contributed by atoms with Gasteiger partial charge in [0.25, 0.3) is 0 Å². The Morgan fingerprint density at radius 2 is 1.64 bits per heavy atom. The summed E-state index contributed by atoms with van der Waals surface area (Å²) in [5, 5.41) is 2.14. The van der Waals surface area contributed by atoms with Crippen LogP contribution in [0.2, 0.25) is 0 Å². The third-order valence-electron chi connectivity index (χ3n) is 5.22. The molecule has 1 unspecified atom stereocenters. The fourth-order valence-electron chi connectivity index (χ4n) is 3.78. The zero-order chi connectivity index (χ0) is 17.6. The van der Waals surface area contributed by atoms with E-state index in [9.17, 15) is 9.59 Å². The molecule has 3 heteroatoms. The maximum atomic E-state index is 12.9. The van der Waals surface area contributed by atoms with Crippen LogP contribution in [-0.4, -0.2) is 18.7 Å². The molecule has 1 aliphatic rings. The molecule has 0 radical (unpaired) electrons. The lowest BCUT2D eigenvalue weighted by Gasteiger charge is -2.22. The predicted octanol–water partition coefficient (Wildman–Crippen LogP) is 4.35. The number of benzene rings is 3. The molecule has 3 aromatic carbocycles. The van der Waals surface area contributed by atoms with Crippen LogP contribution >= 0.6 is 0 Å². The second kappa shape index (κ2) is 5.55. The Morgan fingerprint density at radius 3 is 2.44 bits per heavy atom. The van der Waals surface area contributed by atoms with Gasteiger partial charge >= 0.3 is 0 Å². The zero-order valence-electron chi connectivity index (χ0n) is 14.3. The summed E-state index contributed by atoms with van der Waals surface area (Å²) < 4.78 is 0. The first-order valence-electron chi connectivity index (χ1n) is 8.40. The number of amides is 1. The van der Waals surface area contributed by atoms with E-state index in [4.69, 9.17) is 0 Å². The quantitative estimate of drug-likeness (QED) is 0.670. The van der Waals surface area contributed by atoms with Crippen molar-refractivity contribution in [1.29, 1.82) is 0 Å². The first-order chi connectivity index (χ1) is 12.0. The number of likely N-dealkylation sites (N-methyl/N-ethyl adjacent to an activating group) is 1. The minimum atomic E-state index is -0.811. The van der Waals surface area contributed by atoms with Gasteiger partial charge < -0.3 is 4.90 Å².